The molecule has 76 valence electrons. The second-order valence-electron chi connectivity index (χ2n) is 2.81. The molecule has 0 atom stereocenters. The van der Waals surface area contributed by atoms with E-state index in [4.69, 9.17) is 16.3 Å². The second-order valence-corrected chi connectivity index (χ2v) is 3.07. The van der Waals surface area contributed by atoms with Crippen LogP contribution in [0.5, 0.6) is 5.75 Å². The fourth-order valence-electron chi connectivity index (χ4n) is 1.14. The standard InChI is InChI=1S/C10H10ClFO2/c1-14-10-3-2-8(12)4-7(10)5-9(13)6-11/h2-4H,5-6H2,1H3. The summed E-state index contributed by atoms with van der Waals surface area (Å²) in [6.45, 7) is 0. The largest absolute Gasteiger partial charge is 0.496 e. The van der Waals surface area contributed by atoms with Gasteiger partial charge in [0.1, 0.15) is 11.6 Å². The van der Waals surface area contributed by atoms with Crippen LogP contribution in [0.15, 0.2) is 18.2 Å². The quantitative estimate of drug-likeness (QED) is 0.722. The maximum Gasteiger partial charge on any atom is 0.152 e. The van der Waals surface area contributed by atoms with Gasteiger partial charge in [-0.1, -0.05) is 0 Å². The number of methoxy groups -OCH3 is 1. The molecule has 14 heavy (non-hydrogen) atoms. The van der Waals surface area contributed by atoms with Crippen molar-refractivity contribution in [1.82, 2.24) is 0 Å². The molecule has 0 amide bonds. The lowest BCUT2D eigenvalue weighted by Gasteiger charge is -2.06. The van der Waals surface area contributed by atoms with Crippen molar-refractivity contribution < 1.29 is 13.9 Å². The Morgan fingerprint density at radius 3 is 2.86 bits per heavy atom. The van der Waals surface area contributed by atoms with Crippen LogP contribution < -0.4 is 4.74 Å². The number of ether oxygens (including phenoxy) is 1. The topological polar surface area (TPSA) is 26.3 Å². The van der Waals surface area contributed by atoms with E-state index in [0.29, 0.717) is 11.3 Å². The summed E-state index contributed by atoms with van der Waals surface area (Å²) in [5, 5.41) is 0. The molecule has 0 aromatic heterocycles. The van der Waals surface area contributed by atoms with Crippen LogP contribution in [0.2, 0.25) is 0 Å². The zero-order valence-electron chi connectivity index (χ0n) is 7.72. The first-order valence-electron chi connectivity index (χ1n) is 4.07. The zero-order chi connectivity index (χ0) is 10.6. The van der Waals surface area contributed by atoms with Gasteiger partial charge >= 0.3 is 0 Å². The van der Waals surface area contributed by atoms with Crippen molar-refractivity contribution in [3.05, 3.63) is 29.6 Å². The van der Waals surface area contributed by atoms with Gasteiger partial charge in [-0.05, 0) is 18.2 Å². The molecule has 0 radical (unpaired) electrons. The molecule has 4 heteroatoms. The minimum absolute atomic E-state index is 0.0698. The number of Topliss-reactive ketones (excluding diaryl/α,β-unsaturated/α-hetero) is 1. The Kier molecular flexibility index (Phi) is 3.89. The Labute approximate surface area is 86.6 Å². The van der Waals surface area contributed by atoms with Crippen molar-refractivity contribution in [3.63, 3.8) is 0 Å². The lowest BCUT2D eigenvalue weighted by atomic mass is 10.1. The molecular weight excluding hydrogens is 207 g/mol. The second kappa shape index (κ2) is 4.96. The van der Waals surface area contributed by atoms with Crippen LogP contribution in [0.1, 0.15) is 5.56 Å². The minimum atomic E-state index is -0.386. The van der Waals surface area contributed by atoms with Gasteiger partial charge in [0.2, 0.25) is 0 Å². The first kappa shape index (κ1) is 11.0. The van der Waals surface area contributed by atoms with Crippen LogP contribution in [0.25, 0.3) is 0 Å². The van der Waals surface area contributed by atoms with Gasteiger partial charge in [0.25, 0.3) is 0 Å². The smallest absolute Gasteiger partial charge is 0.152 e. The van der Waals surface area contributed by atoms with Gasteiger partial charge in [-0.25, -0.2) is 4.39 Å². The van der Waals surface area contributed by atoms with Crippen molar-refractivity contribution in [2.75, 3.05) is 13.0 Å². The summed E-state index contributed by atoms with van der Waals surface area (Å²) in [7, 11) is 1.47. The molecule has 0 spiro atoms. The number of carbonyl (C=O) groups excluding carboxylic acids is 1. The van der Waals surface area contributed by atoms with Crippen molar-refractivity contribution in [2.24, 2.45) is 0 Å². The van der Waals surface area contributed by atoms with Gasteiger partial charge in [0.15, 0.2) is 5.78 Å². The molecule has 0 heterocycles. The minimum Gasteiger partial charge on any atom is -0.496 e. The van der Waals surface area contributed by atoms with E-state index >= 15 is 0 Å². The lowest BCUT2D eigenvalue weighted by molar-refractivity contribution is -0.116. The van der Waals surface area contributed by atoms with Gasteiger partial charge in [0.05, 0.1) is 13.0 Å². The van der Waals surface area contributed by atoms with Gasteiger partial charge in [0, 0.05) is 12.0 Å². The van der Waals surface area contributed by atoms with E-state index in [-0.39, 0.29) is 23.9 Å². The summed E-state index contributed by atoms with van der Waals surface area (Å²) in [6.07, 6.45) is 0.102. The number of alkyl halides is 1. The van der Waals surface area contributed by atoms with E-state index in [9.17, 15) is 9.18 Å². The first-order chi connectivity index (χ1) is 6.67. The van der Waals surface area contributed by atoms with Crippen LogP contribution in [0.3, 0.4) is 0 Å². The van der Waals surface area contributed by atoms with Gasteiger partial charge in [-0.3, -0.25) is 4.79 Å². The average molecular weight is 217 g/mol. The molecule has 0 fully saturated rings. The summed E-state index contributed by atoms with van der Waals surface area (Å²) >= 11 is 5.35. The number of hydrogen-bond acceptors (Lipinski definition) is 2. The van der Waals surface area contributed by atoms with Gasteiger partial charge < -0.3 is 4.74 Å². The lowest BCUT2D eigenvalue weighted by Crippen LogP contribution is -2.05. The highest BCUT2D eigenvalue weighted by Crippen LogP contribution is 2.19. The van der Waals surface area contributed by atoms with Crippen LogP contribution >= 0.6 is 11.6 Å². The van der Waals surface area contributed by atoms with Crippen molar-refractivity contribution in [3.8, 4) is 5.75 Å². The molecule has 0 saturated heterocycles. The zero-order valence-corrected chi connectivity index (χ0v) is 8.47. The molecule has 0 bridgehead atoms. The molecule has 0 N–H and O–H groups in total. The number of carbonyl (C=O) groups is 1. The monoisotopic (exact) mass is 216 g/mol. The highest BCUT2D eigenvalue weighted by molar-refractivity contribution is 6.27. The number of ketones is 1. The molecule has 1 aromatic carbocycles. The SMILES string of the molecule is COc1ccc(F)cc1CC(=O)CCl. The molecule has 2 nitrogen and oxygen atoms in total. The Bertz CT molecular complexity index is 339. The van der Waals surface area contributed by atoms with Crippen molar-refractivity contribution in [2.45, 2.75) is 6.42 Å². The van der Waals surface area contributed by atoms with Crippen molar-refractivity contribution in [1.29, 1.82) is 0 Å². The number of hydrogen-bond donors (Lipinski definition) is 0. The first-order valence-corrected chi connectivity index (χ1v) is 4.61. The van der Waals surface area contributed by atoms with Crippen LogP contribution in [0.4, 0.5) is 4.39 Å². The molecule has 0 saturated carbocycles. The molecule has 0 unspecified atom stereocenters. The highest BCUT2D eigenvalue weighted by atomic mass is 35.5. The third kappa shape index (κ3) is 2.70. The third-order valence-electron chi connectivity index (χ3n) is 1.78. The third-order valence-corrected chi connectivity index (χ3v) is 2.08. The Hall–Kier alpha value is -1.09. The molecule has 0 aliphatic rings. The highest BCUT2D eigenvalue weighted by Gasteiger charge is 2.08. The van der Waals surface area contributed by atoms with E-state index in [2.05, 4.69) is 0 Å². The van der Waals surface area contributed by atoms with Crippen LogP contribution in [-0.2, 0) is 11.2 Å². The summed E-state index contributed by atoms with van der Waals surface area (Å²) < 4.78 is 17.8. The maximum atomic E-state index is 12.8. The van der Waals surface area contributed by atoms with E-state index in [1.807, 2.05) is 0 Å². The van der Waals surface area contributed by atoms with Crippen LogP contribution in [-0.4, -0.2) is 18.8 Å². The predicted molar refractivity (Wildman–Crippen MR) is 52.4 cm³/mol. The Morgan fingerprint density at radius 1 is 1.57 bits per heavy atom. The maximum absolute atomic E-state index is 12.8. The molecule has 0 aliphatic carbocycles. The van der Waals surface area contributed by atoms with Crippen LogP contribution in [0, 0.1) is 5.82 Å². The van der Waals surface area contributed by atoms with Gasteiger partial charge in [-0.2, -0.15) is 0 Å². The van der Waals surface area contributed by atoms with E-state index in [1.165, 1.54) is 25.3 Å². The average Bonchev–Trinajstić information content (AvgIpc) is 2.18. The number of rotatable bonds is 4. The molecular formula is C10H10ClFO2. The summed E-state index contributed by atoms with van der Waals surface area (Å²) in [4.78, 5) is 11.1. The number of halogens is 2. The number of benzene rings is 1. The molecule has 1 rings (SSSR count). The summed E-state index contributed by atoms with van der Waals surface area (Å²) in [6, 6.07) is 4.06. The van der Waals surface area contributed by atoms with Gasteiger partial charge in [-0.15, -0.1) is 11.6 Å². The van der Waals surface area contributed by atoms with Crippen molar-refractivity contribution >= 4 is 17.4 Å². The summed E-state index contributed by atoms with van der Waals surface area (Å²) in [5.74, 6) is -0.108. The fraction of sp³-hybridized carbons (Fsp3) is 0.300. The fourth-order valence-corrected chi connectivity index (χ4v) is 1.24. The summed E-state index contributed by atoms with van der Waals surface area (Å²) in [5.41, 5.74) is 0.526. The Balaban J connectivity index is 2.93. The molecule has 1 aromatic rings. The molecule has 0 aliphatic heterocycles. The van der Waals surface area contributed by atoms with E-state index in [0.717, 1.165) is 0 Å². The van der Waals surface area contributed by atoms with E-state index in [1.54, 1.807) is 0 Å². The normalized spacial score (nSPS) is 9.93. The Morgan fingerprint density at radius 2 is 2.29 bits per heavy atom. The predicted octanol–water partition coefficient (Wildman–Crippen LogP) is 2.18. The van der Waals surface area contributed by atoms with E-state index < -0.39 is 0 Å².